The van der Waals surface area contributed by atoms with Crippen LogP contribution in [0.15, 0.2) is 47.3 Å². The molecule has 2 aromatic carbocycles. The van der Waals surface area contributed by atoms with E-state index in [1.807, 2.05) is 37.3 Å². The van der Waals surface area contributed by atoms with Crippen molar-refractivity contribution in [3.8, 4) is 11.5 Å². The Morgan fingerprint density at radius 2 is 1.80 bits per heavy atom. The smallest absolute Gasteiger partial charge is 0.253 e. The van der Waals surface area contributed by atoms with Crippen LogP contribution in [0, 0.1) is 6.92 Å². The van der Waals surface area contributed by atoms with Gasteiger partial charge >= 0.3 is 0 Å². The van der Waals surface area contributed by atoms with Gasteiger partial charge in [-0.25, -0.2) is 0 Å². The van der Waals surface area contributed by atoms with Gasteiger partial charge in [-0.1, -0.05) is 17.7 Å². The number of ether oxygens (including phenoxy) is 2. The maximum atomic E-state index is 12.7. The van der Waals surface area contributed by atoms with E-state index in [0.717, 1.165) is 16.6 Å². The maximum absolute atomic E-state index is 12.7. The molecule has 0 bridgehead atoms. The van der Waals surface area contributed by atoms with Gasteiger partial charge in [-0.05, 0) is 43.4 Å². The van der Waals surface area contributed by atoms with Crippen LogP contribution < -0.4 is 20.3 Å². The molecule has 0 aliphatic rings. The lowest BCUT2D eigenvalue weighted by Gasteiger charge is -2.25. The van der Waals surface area contributed by atoms with Crippen molar-refractivity contribution in [1.82, 2.24) is 9.88 Å². The molecule has 3 N–H and O–H groups in total. The van der Waals surface area contributed by atoms with Gasteiger partial charge in [-0.2, -0.15) is 0 Å². The summed E-state index contributed by atoms with van der Waals surface area (Å²) in [5.74, 6) is 1.12. The normalized spacial score (nSPS) is 10.7. The number of hydrogen-bond donors (Lipinski definition) is 3. The van der Waals surface area contributed by atoms with E-state index in [-0.39, 0.29) is 18.7 Å². The number of H-pyrrole nitrogens is 1. The quantitative estimate of drug-likeness (QED) is 0.500. The predicted molar refractivity (Wildman–Crippen MR) is 123 cm³/mol. The molecule has 0 saturated heterocycles. The highest BCUT2D eigenvalue weighted by Gasteiger charge is 2.15. The van der Waals surface area contributed by atoms with Crippen molar-refractivity contribution in [3.63, 3.8) is 0 Å². The van der Waals surface area contributed by atoms with Crippen LogP contribution in [0.1, 0.15) is 11.1 Å². The molecule has 7 nitrogen and oxygen atoms in total. The Kier molecular flexibility index (Phi) is 6.91. The van der Waals surface area contributed by atoms with Crippen LogP contribution >= 0.6 is 12.2 Å². The summed E-state index contributed by atoms with van der Waals surface area (Å²) >= 11 is 5.52. The number of hydrogen-bond acceptors (Lipinski definition) is 5. The minimum Gasteiger partial charge on any atom is -0.493 e. The summed E-state index contributed by atoms with van der Waals surface area (Å²) in [4.78, 5) is 17.3. The SMILES string of the molecule is COc1cc2cc(CN(CCO)C(=S)Nc3ccc(C)cc3)c(=O)[nH]c2cc1OC. The number of aromatic amines is 1. The van der Waals surface area contributed by atoms with E-state index in [2.05, 4.69) is 10.3 Å². The van der Waals surface area contributed by atoms with Crippen molar-refractivity contribution < 1.29 is 14.6 Å². The summed E-state index contributed by atoms with van der Waals surface area (Å²) in [6.07, 6.45) is 0. The highest BCUT2D eigenvalue weighted by molar-refractivity contribution is 7.80. The summed E-state index contributed by atoms with van der Waals surface area (Å²) in [6, 6.07) is 13.2. The molecule has 158 valence electrons. The molecule has 3 aromatic rings. The van der Waals surface area contributed by atoms with Crippen molar-refractivity contribution in [3.05, 3.63) is 63.9 Å². The standard InChI is InChI=1S/C22H25N3O4S/c1-14-4-6-17(7-5-14)23-22(30)25(8-9-26)13-16-10-15-11-19(28-2)20(29-3)12-18(15)24-21(16)27/h4-7,10-12,26H,8-9,13H2,1-3H3,(H,23,30)(H,24,27). The molecular weight excluding hydrogens is 402 g/mol. The molecule has 0 spiro atoms. The number of aliphatic hydroxyl groups excluding tert-OH is 1. The molecule has 3 rings (SSSR count). The molecule has 0 unspecified atom stereocenters. The Bertz CT molecular complexity index is 1100. The first-order valence-electron chi connectivity index (χ1n) is 9.46. The lowest BCUT2D eigenvalue weighted by Crippen LogP contribution is -2.37. The van der Waals surface area contributed by atoms with Crippen molar-refractivity contribution in [1.29, 1.82) is 0 Å². The van der Waals surface area contributed by atoms with Crippen molar-refractivity contribution >= 4 is 33.9 Å². The van der Waals surface area contributed by atoms with Gasteiger partial charge in [0.2, 0.25) is 0 Å². The number of fused-ring (bicyclic) bond motifs is 1. The Balaban J connectivity index is 1.88. The molecule has 0 aliphatic carbocycles. The van der Waals surface area contributed by atoms with Crippen LogP contribution in [0.25, 0.3) is 10.9 Å². The van der Waals surface area contributed by atoms with Crippen molar-refractivity contribution in [2.75, 3.05) is 32.7 Å². The summed E-state index contributed by atoms with van der Waals surface area (Å²) in [6.45, 7) is 2.46. The van der Waals surface area contributed by atoms with Gasteiger partial charge in [0, 0.05) is 29.2 Å². The topological polar surface area (TPSA) is 86.8 Å². The lowest BCUT2D eigenvalue weighted by molar-refractivity contribution is 0.248. The summed E-state index contributed by atoms with van der Waals surface area (Å²) in [7, 11) is 3.11. The van der Waals surface area contributed by atoms with Crippen LogP contribution in [0.3, 0.4) is 0 Å². The third-order valence-electron chi connectivity index (χ3n) is 4.75. The van der Waals surface area contributed by atoms with Crippen LogP contribution in [0.5, 0.6) is 11.5 Å². The molecule has 0 saturated carbocycles. The Morgan fingerprint density at radius 1 is 1.13 bits per heavy atom. The number of pyridine rings is 1. The van der Waals surface area contributed by atoms with Gasteiger partial charge < -0.3 is 29.8 Å². The average Bonchev–Trinajstić information content (AvgIpc) is 2.74. The number of aryl methyl sites for hydroxylation is 1. The molecular formula is C22H25N3O4S. The van der Waals surface area contributed by atoms with Crippen molar-refractivity contribution in [2.24, 2.45) is 0 Å². The van der Waals surface area contributed by atoms with E-state index in [1.54, 1.807) is 31.3 Å². The monoisotopic (exact) mass is 427 g/mol. The molecule has 8 heteroatoms. The van der Waals surface area contributed by atoms with E-state index in [4.69, 9.17) is 21.7 Å². The molecule has 0 amide bonds. The summed E-state index contributed by atoms with van der Waals surface area (Å²) in [5, 5.41) is 13.9. The second-order valence-corrected chi connectivity index (χ2v) is 7.25. The largest absolute Gasteiger partial charge is 0.493 e. The van der Waals surface area contributed by atoms with Crippen molar-refractivity contribution in [2.45, 2.75) is 13.5 Å². The van der Waals surface area contributed by atoms with E-state index in [1.165, 1.54) is 0 Å². The Hall–Kier alpha value is -3.10. The lowest BCUT2D eigenvalue weighted by atomic mass is 10.1. The zero-order valence-corrected chi connectivity index (χ0v) is 18.0. The number of methoxy groups -OCH3 is 2. The van der Waals surface area contributed by atoms with E-state index >= 15 is 0 Å². The van der Waals surface area contributed by atoms with Crippen LogP contribution in [0.4, 0.5) is 5.69 Å². The summed E-state index contributed by atoms with van der Waals surface area (Å²) < 4.78 is 10.7. The minimum atomic E-state index is -0.226. The number of anilines is 1. The molecule has 0 fully saturated rings. The number of nitrogens with one attached hydrogen (secondary N) is 2. The van der Waals surface area contributed by atoms with Crippen LogP contribution in [0.2, 0.25) is 0 Å². The third kappa shape index (κ3) is 4.90. The number of aromatic nitrogens is 1. The van der Waals surface area contributed by atoms with E-state index < -0.39 is 0 Å². The van der Waals surface area contributed by atoms with Gasteiger partial charge in [0.15, 0.2) is 16.6 Å². The fourth-order valence-electron chi connectivity index (χ4n) is 3.11. The molecule has 0 aliphatic heterocycles. The average molecular weight is 428 g/mol. The molecule has 0 atom stereocenters. The molecule has 1 aromatic heterocycles. The van der Waals surface area contributed by atoms with Crippen LogP contribution in [-0.2, 0) is 6.54 Å². The van der Waals surface area contributed by atoms with Gasteiger partial charge in [-0.3, -0.25) is 4.79 Å². The fourth-order valence-corrected chi connectivity index (χ4v) is 3.39. The summed E-state index contributed by atoms with van der Waals surface area (Å²) in [5.41, 5.74) is 2.94. The number of thiocarbonyl (C=S) groups is 1. The number of aliphatic hydroxyl groups is 1. The predicted octanol–water partition coefficient (Wildman–Crippen LogP) is 3.05. The maximum Gasteiger partial charge on any atom is 0.253 e. The van der Waals surface area contributed by atoms with E-state index in [9.17, 15) is 9.90 Å². The van der Waals surface area contributed by atoms with Gasteiger partial charge in [0.05, 0.1) is 32.9 Å². The zero-order chi connectivity index (χ0) is 21.7. The van der Waals surface area contributed by atoms with E-state index in [0.29, 0.717) is 34.2 Å². The third-order valence-corrected chi connectivity index (χ3v) is 5.11. The Morgan fingerprint density at radius 3 is 2.43 bits per heavy atom. The number of nitrogens with zero attached hydrogens (tertiary/aromatic N) is 1. The minimum absolute atomic E-state index is 0.0910. The first-order chi connectivity index (χ1) is 14.4. The Labute approximate surface area is 180 Å². The second-order valence-electron chi connectivity index (χ2n) is 6.86. The molecule has 1 heterocycles. The highest BCUT2D eigenvalue weighted by Crippen LogP contribution is 2.31. The first kappa shape index (κ1) is 21.6. The van der Waals surface area contributed by atoms with Gasteiger partial charge in [0.25, 0.3) is 5.56 Å². The fraction of sp³-hybridized carbons (Fsp3) is 0.273. The highest BCUT2D eigenvalue weighted by atomic mass is 32.1. The molecule has 30 heavy (non-hydrogen) atoms. The zero-order valence-electron chi connectivity index (χ0n) is 17.2. The first-order valence-corrected chi connectivity index (χ1v) is 9.87. The van der Waals surface area contributed by atoms with Gasteiger partial charge in [-0.15, -0.1) is 0 Å². The second kappa shape index (κ2) is 9.60. The van der Waals surface area contributed by atoms with Gasteiger partial charge in [0.1, 0.15) is 0 Å². The number of rotatable bonds is 7. The van der Waals surface area contributed by atoms with Crippen LogP contribution in [-0.4, -0.2) is 47.5 Å². The molecule has 0 radical (unpaired) electrons. The number of benzene rings is 2.